The minimum Gasteiger partial charge on any atom is -0.487 e. The Labute approximate surface area is 153 Å². The van der Waals surface area contributed by atoms with Crippen LogP contribution in [0.5, 0.6) is 5.75 Å². The lowest BCUT2D eigenvalue weighted by Crippen LogP contribution is -2.36. The summed E-state index contributed by atoms with van der Waals surface area (Å²) in [4.78, 5) is 19.3. The normalized spacial score (nSPS) is 13.2. The van der Waals surface area contributed by atoms with Crippen LogP contribution in [-0.2, 0) is 19.6 Å². The number of carbonyl (C=O) groups is 1. The van der Waals surface area contributed by atoms with Gasteiger partial charge in [0.2, 0.25) is 0 Å². The van der Waals surface area contributed by atoms with Crippen LogP contribution in [0.2, 0.25) is 0 Å². The third-order valence-corrected chi connectivity index (χ3v) is 4.56. The summed E-state index contributed by atoms with van der Waals surface area (Å²) in [7, 11) is 0. The van der Waals surface area contributed by atoms with Gasteiger partial charge >= 0.3 is 0 Å². The first-order valence-corrected chi connectivity index (χ1v) is 8.79. The highest BCUT2D eigenvalue weighted by Gasteiger charge is 2.22. The molecule has 0 fully saturated rings. The zero-order valence-electron chi connectivity index (χ0n) is 14.5. The molecule has 4 rings (SSSR count). The van der Waals surface area contributed by atoms with E-state index >= 15 is 0 Å². The maximum atomic E-state index is 12.7. The molecule has 0 unspecified atom stereocenters. The molecule has 26 heavy (non-hydrogen) atoms. The van der Waals surface area contributed by atoms with Crippen molar-refractivity contribution in [2.75, 3.05) is 6.54 Å². The third-order valence-electron chi connectivity index (χ3n) is 4.56. The molecule has 130 valence electrons. The Bertz CT molecular complexity index is 895. The van der Waals surface area contributed by atoms with Gasteiger partial charge in [-0.1, -0.05) is 42.5 Å². The Kier molecular flexibility index (Phi) is 4.65. The van der Waals surface area contributed by atoms with E-state index in [4.69, 9.17) is 9.72 Å². The van der Waals surface area contributed by atoms with Gasteiger partial charge in [-0.3, -0.25) is 9.78 Å². The first-order chi connectivity index (χ1) is 12.8. The van der Waals surface area contributed by atoms with Crippen LogP contribution >= 0.6 is 0 Å². The summed E-state index contributed by atoms with van der Waals surface area (Å²) in [5.41, 5.74) is 3.78. The maximum absolute atomic E-state index is 12.7. The van der Waals surface area contributed by atoms with E-state index in [0.717, 1.165) is 35.7 Å². The number of hydrogen-bond donors (Lipinski definition) is 0. The SMILES string of the molecule is O=C(c1ccccc1)N1CCc2ccc(COc3ccccc3)nc2C1. The molecule has 0 aliphatic carbocycles. The minimum absolute atomic E-state index is 0.0592. The van der Waals surface area contributed by atoms with Crippen molar-refractivity contribution in [2.45, 2.75) is 19.6 Å². The van der Waals surface area contributed by atoms with E-state index < -0.39 is 0 Å². The van der Waals surface area contributed by atoms with Crippen LogP contribution in [0.3, 0.4) is 0 Å². The summed E-state index contributed by atoms with van der Waals surface area (Å²) in [6.45, 7) is 1.69. The molecule has 0 N–H and O–H groups in total. The summed E-state index contributed by atoms with van der Waals surface area (Å²) in [5, 5.41) is 0. The number of carbonyl (C=O) groups excluding carboxylic acids is 1. The number of nitrogens with zero attached hydrogens (tertiary/aromatic N) is 2. The van der Waals surface area contributed by atoms with Crippen LogP contribution in [0.1, 0.15) is 27.3 Å². The number of pyridine rings is 1. The summed E-state index contributed by atoms with van der Waals surface area (Å²) in [6, 6.07) is 23.2. The predicted molar refractivity (Wildman–Crippen MR) is 99.9 cm³/mol. The summed E-state index contributed by atoms with van der Waals surface area (Å²) in [6.07, 6.45) is 0.834. The topological polar surface area (TPSA) is 42.4 Å². The van der Waals surface area contributed by atoms with Gasteiger partial charge in [0.25, 0.3) is 5.91 Å². The Morgan fingerprint density at radius 2 is 1.69 bits per heavy atom. The van der Waals surface area contributed by atoms with Gasteiger partial charge in [-0.25, -0.2) is 0 Å². The number of benzene rings is 2. The maximum Gasteiger partial charge on any atom is 0.254 e. The van der Waals surface area contributed by atoms with Crippen molar-refractivity contribution in [1.82, 2.24) is 9.88 Å². The van der Waals surface area contributed by atoms with Gasteiger partial charge in [-0.2, -0.15) is 0 Å². The Morgan fingerprint density at radius 3 is 2.46 bits per heavy atom. The second kappa shape index (κ2) is 7.40. The number of ether oxygens (including phenoxy) is 1. The van der Waals surface area contributed by atoms with Gasteiger partial charge in [-0.15, -0.1) is 0 Å². The fourth-order valence-corrected chi connectivity index (χ4v) is 3.15. The van der Waals surface area contributed by atoms with Gasteiger partial charge in [-0.05, 0) is 42.3 Å². The molecule has 0 saturated heterocycles. The summed E-state index contributed by atoms with van der Waals surface area (Å²) in [5.74, 6) is 0.886. The Morgan fingerprint density at radius 1 is 0.962 bits per heavy atom. The molecule has 4 nitrogen and oxygen atoms in total. The number of amides is 1. The van der Waals surface area contributed by atoms with Gasteiger partial charge < -0.3 is 9.64 Å². The molecule has 0 saturated carbocycles. The van der Waals surface area contributed by atoms with Crippen molar-refractivity contribution in [2.24, 2.45) is 0 Å². The van der Waals surface area contributed by atoms with E-state index in [1.165, 1.54) is 5.56 Å². The van der Waals surface area contributed by atoms with Gasteiger partial charge in [0.15, 0.2) is 0 Å². The van der Waals surface area contributed by atoms with E-state index in [9.17, 15) is 4.79 Å². The molecule has 2 heterocycles. The van der Waals surface area contributed by atoms with Gasteiger partial charge in [0.05, 0.1) is 17.9 Å². The van der Waals surface area contributed by atoms with Gasteiger partial charge in [0, 0.05) is 12.1 Å². The number of aromatic nitrogens is 1. The molecule has 0 atom stereocenters. The molecule has 4 heteroatoms. The van der Waals surface area contributed by atoms with Crippen molar-refractivity contribution in [3.63, 3.8) is 0 Å². The zero-order valence-corrected chi connectivity index (χ0v) is 14.5. The molecule has 0 radical (unpaired) electrons. The second-order valence-electron chi connectivity index (χ2n) is 6.35. The summed E-state index contributed by atoms with van der Waals surface area (Å²) < 4.78 is 5.78. The minimum atomic E-state index is 0.0592. The van der Waals surface area contributed by atoms with E-state index in [-0.39, 0.29) is 5.91 Å². The van der Waals surface area contributed by atoms with Crippen LogP contribution in [0, 0.1) is 0 Å². The number of fused-ring (bicyclic) bond motifs is 1. The fraction of sp³-hybridized carbons (Fsp3) is 0.182. The molecule has 1 amide bonds. The smallest absolute Gasteiger partial charge is 0.254 e. The highest BCUT2D eigenvalue weighted by atomic mass is 16.5. The van der Waals surface area contributed by atoms with Crippen molar-refractivity contribution in [3.05, 3.63) is 95.3 Å². The number of hydrogen-bond acceptors (Lipinski definition) is 3. The van der Waals surface area contributed by atoms with Crippen molar-refractivity contribution < 1.29 is 9.53 Å². The van der Waals surface area contributed by atoms with Crippen LogP contribution in [0.15, 0.2) is 72.8 Å². The quantitative estimate of drug-likeness (QED) is 0.722. The van der Waals surface area contributed by atoms with E-state index in [2.05, 4.69) is 6.07 Å². The number of para-hydroxylation sites is 1. The molecule has 1 aromatic heterocycles. The van der Waals surface area contributed by atoms with E-state index in [1.807, 2.05) is 71.6 Å². The highest BCUT2D eigenvalue weighted by Crippen LogP contribution is 2.20. The molecule has 0 spiro atoms. The van der Waals surface area contributed by atoms with Crippen molar-refractivity contribution in [1.29, 1.82) is 0 Å². The average Bonchev–Trinajstić information content (AvgIpc) is 2.72. The predicted octanol–water partition coefficient (Wildman–Crippen LogP) is 3.86. The average molecular weight is 344 g/mol. The lowest BCUT2D eigenvalue weighted by Gasteiger charge is -2.28. The molecule has 0 bridgehead atoms. The first kappa shape index (κ1) is 16.3. The summed E-state index contributed by atoms with van der Waals surface area (Å²) >= 11 is 0. The number of rotatable bonds is 4. The van der Waals surface area contributed by atoms with E-state index in [0.29, 0.717) is 13.2 Å². The Balaban J connectivity index is 1.47. The first-order valence-electron chi connectivity index (χ1n) is 8.79. The molecular formula is C22H20N2O2. The standard InChI is InChI=1S/C22H20N2O2/c25-22(18-7-3-1-4-8-18)24-14-13-17-11-12-19(23-21(17)15-24)16-26-20-9-5-2-6-10-20/h1-12H,13-16H2. The lowest BCUT2D eigenvalue weighted by molar-refractivity contribution is 0.0731. The molecule has 1 aliphatic rings. The molecule has 2 aromatic carbocycles. The van der Waals surface area contributed by atoms with Crippen molar-refractivity contribution >= 4 is 5.91 Å². The molecule has 1 aliphatic heterocycles. The van der Waals surface area contributed by atoms with Crippen LogP contribution < -0.4 is 4.74 Å². The van der Waals surface area contributed by atoms with Crippen LogP contribution in [0.4, 0.5) is 0 Å². The largest absolute Gasteiger partial charge is 0.487 e. The Hall–Kier alpha value is -3.14. The fourth-order valence-electron chi connectivity index (χ4n) is 3.15. The molecular weight excluding hydrogens is 324 g/mol. The highest BCUT2D eigenvalue weighted by molar-refractivity contribution is 5.94. The van der Waals surface area contributed by atoms with Crippen molar-refractivity contribution in [3.8, 4) is 5.75 Å². The zero-order chi connectivity index (χ0) is 17.8. The second-order valence-corrected chi connectivity index (χ2v) is 6.35. The lowest BCUT2D eigenvalue weighted by atomic mass is 10.0. The van der Waals surface area contributed by atoms with Gasteiger partial charge in [0.1, 0.15) is 12.4 Å². The molecule has 3 aromatic rings. The van der Waals surface area contributed by atoms with Crippen LogP contribution in [0.25, 0.3) is 0 Å². The van der Waals surface area contributed by atoms with Crippen LogP contribution in [-0.4, -0.2) is 22.3 Å². The monoisotopic (exact) mass is 344 g/mol. The van der Waals surface area contributed by atoms with E-state index in [1.54, 1.807) is 0 Å². The third kappa shape index (κ3) is 3.59.